The summed E-state index contributed by atoms with van der Waals surface area (Å²) in [6.45, 7) is 4.35. The van der Waals surface area contributed by atoms with Crippen molar-refractivity contribution in [3.05, 3.63) is 40.5 Å². The maximum atomic E-state index is 9.58. The van der Waals surface area contributed by atoms with Crippen LogP contribution in [0.3, 0.4) is 0 Å². The molecule has 0 bridgehead atoms. The number of aromatic nitrogens is 3. The Kier molecular flexibility index (Phi) is 3.42. The van der Waals surface area contributed by atoms with E-state index in [4.69, 9.17) is 0 Å². The highest BCUT2D eigenvalue weighted by atomic mass is 32.1. The zero-order valence-corrected chi connectivity index (χ0v) is 14.1. The molecule has 2 aromatic heterocycles. The van der Waals surface area contributed by atoms with Gasteiger partial charge in [-0.1, -0.05) is 55.9 Å². The van der Waals surface area contributed by atoms with Gasteiger partial charge in [0.05, 0.1) is 0 Å². The Morgan fingerprint density at radius 3 is 2.57 bits per heavy atom. The first-order valence-electron chi connectivity index (χ1n) is 8.07. The number of fused-ring (bicyclic) bond motifs is 1. The molecule has 2 heterocycles. The molecule has 1 aliphatic rings. The molecule has 0 N–H and O–H groups in total. The smallest absolute Gasteiger partial charge is 0.214 e. The first-order valence-corrected chi connectivity index (χ1v) is 8.89. The zero-order chi connectivity index (χ0) is 16.0. The number of benzene rings is 1. The average molecular weight is 322 g/mol. The van der Waals surface area contributed by atoms with Gasteiger partial charge in [0.2, 0.25) is 4.96 Å². The van der Waals surface area contributed by atoms with Crippen LogP contribution in [0, 0.1) is 11.3 Å². The van der Waals surface area contributed by atoms with Crippen LogP contribution in [0.5, 0.6) is 0 Å². The van der Waals surface area contributed by atoms with E-state index in [0.29, 0.717) is 17.5 Å². The van der Waals surface area contributed by atoms with Crippen LogP contribution in [0.2, 0.25) is 0 Å². The summed E-state index contributed by atoms with van der Waals surface area (Å²) in [5, 5.41) is 15.4. The van der Waals surface area contributed by atoms with Gasteiger partial charge in [0, 0.05) is 11.5 Å². The first-order chi connectivity index (χ1) is 11.2. The van der Waals surface area contributed by atoms with Gasteiger partial charge in [-0.05, 0) is 24.3 Å². The lowest BCUT2D eigenvalue weighted by Crippen LogP contribution is -2.08. The standard InChI is InChI=1S/C18H18N4S/c1-11(2)12-6-8-13(9-7-12)16-15(10-19)22-18(20-16)23-17(21-22)14-4-3-5-14/h6-9,11,14H,3-5H2,1-2H3. The van der Waals surface area contributed by atoms with Crippen LogP contribution >= 0.6 is 11.3 Å². The molecular formula is C18H18N4S. The van der Waals surface area contributed by atoms with Crippen LogP contribution in [0.4, 0.5) is 0 Å². The van der Waals surface area contributed by atoms with Gasteiger partial charge in [-0.2, -0.15) is 14.9 Å². The highest BCUT2D eigenvalue weighted by Crippen LogP contribution is 2.39. The van der Waals surface area contributed by atoms with Crippen molar-refractivity contribution in [2.45, 2.75) is 44.9 Å². The van der Waals surface area contributed by atoms with Gasteiger partial charge in [0.1, 0.15) is 16.8 Å². The third-order valence-electron chi connectivity index (χ3n) is 4.63. The molecule has 0 spiro atoms. The SMILES string of the molecule is CC(C)c1ccc(-c2nc3sc(C4CCC4)nn3c2C#N)cc1. The fraction of sp³-hybridized carbons (Fsp3) is 0.389. The number of imidazole rings is 1. The Morgan fingerprint density at radius 2 is 2.00 bits per heavy atom. The summed E-state index contributed by atoms with van der Waals surface area (Å²) in [6, 6.07) is 10.6. The predicted octanol–water partition coefficient (Wildman–Crippen LogP) is 4.72. The van der Waals surface area contributed by atoms with Crippen LogP contribution < -0.4 is 0 Å². The Labute approximate surface area is 139 Å². The molecular weight excluding hydrogens is 304 g/mol. The average Bonchev–Trinajstić information content (AvgIpc) is 3.02. The second-order valence-electron chi connectivity index (χ2n) is 6.46. The van der Waals surface area contributed by atoms with E-state index in [2.05, 4.69) is 54.3 Å². The van der Waals surface area contributed by atoms with Crippen molar-refractivity contribution in [3.63, 3.8) is 0 Å². The Balaban J connectivity index is 1.77. The maximum Gasteiger partial charge on any atom is 0.214 e. The number of hydrogen-bond acceptors (Lipinski definition) is 4. The topological polar surface area (TPSA) is 54.0 Å². The van der Waals surface area contributed by atoms with Crippen LogP contribution in [0.15, 0.2) is 24.3 Å². The van der Waals surface area contributed by atoms with E-state index in [1.165, 1.54) is 24.8 Å². The van der Waals surface area contributed by atoms with Crippen molar-refractivity contribution in [3.8, 4) is 17.3 Å². The van der Waals surface area contributed by atoms with Crippen LogP contribution in [0.25, 0.3) is 16.2 Å². The molecule has 23 heavy (non-hydrogen) atoms. The molecule has 0 radical (unpaired) electrons. The van der Waals surface area contributed by atoms with Gasteiger partial charge in [-0.3, -0.25) is 0 Å². The van der Waals surface area contributed by atoms with Gasteiger partial charge in [0.15, 0.2) is 5.69 Å². The number of nitriles is 1. The molecule has 0 amide bonds. The summed E-state index contributed by atoms with van der Waals surface area (Å²) in [5.74, 6) is 1.07. The van der Waals surface area contributed by atoms with Crippen LogP contribution in [-0.4, -0.2) is 14.6 Å². The number of nitrogens with zero attached hydrogens (tertiary/aromatic N) is 4. The fourth-order valence-corrected chi connectivity index (χ4v) is 3.98. The summed E-state index contributed by atoms with van der Waals surface area (Å²) in [6.07, 6.45) is 3.70. The van der Waals surface area contributed by atoms with E-state index < -0.39 is 0 Å². The van der Waals surface area contributed by atoms with E-state index in [0.717, 1.165) is 21.2 Å². The summed E-state index contributed by atoms with van der Waals surface area (Å²) < 4.78 is 1.73. The molecule has 0 saturated heterocycles. The van der Waals surface area contributed by atoms with Crippen molar-refractivity contribution in [1.29, 1.82) is 5.26 Å². The fourth-order valence-electron chi connectivity index (χ4n) is 2.91. The molecule has 0 unspecified atom stereocenters. The number of hydrogen-bond donors (Lipinski definition) is 0. The lowest BCUT2D eigenvalue weighted by molar-refractivity contribution is 0.415. The van der Waals surface area contributed by atoms with E-state index >= 15 is 0 Å². The molecule has 4 nitrogen and oxygen atoms in total. The molecule has 1 saturated carbocycles. The highest BCUT2D eigenvalue weighted by Gasteiger charge is 2.25. The molecule has 3 aromatic rings. The van der Waals surface area contributed by atoms with E-state index in [1.807, 2.05) is 0 Å². The van der Waals surface area contributed by atoms with Crippen LogP contribution in [0.1, 0.15) is 61.2 Å². The van der Waals surface area contributed by atoms with E-state index in [-0.39, 0.29) is 0 Å². The van der Waals surface area contributed by atoms with Crippen molar-refractivity contribution in [1.82, 2.24) is 14.6 Å². The molecule has 0 aliphatic heterocycles. The van der Waals surface area contributed by atoms with Gasteiger partial charge in [0.25, 0.3) is 0 Å². The second kappa shape index (κ2) is 5.47. The number of rotatable bonds is 3. The molecule has 0 atom stereocenters. The second-order valence-corrected chi connectivity index (χ2v) is 7.45. The monoisotopic (exact) mass is 322 g/mol. The lowest BCUT2D eigenvalue weighted by atomic mass is 9.86. The largest absolute Gasteiger partial charge is 0.216 e. The van der Waals surface area contributed by atoms with Crippen molar-refractivity contribution in [2.75, 3.05) is 0 Å². The van der Waals surface area contributed by atoms with E-state index in [1.54, 1.807) is 15.9 Å². The highest BCUT2D eigenvalue weighted by molar-refractivity contribution is 7.16. The Morgan fingerprint density at radius 1 is 1.26 bits per heavy atom. The van der Waals surface area contributed by atoms with E-state index in [9.17, 15) is 5.26 Å². The molecule has 5 heteroatoms. The van der Waals surface area contributed by atoms with Crippen LogP contribution in [-0.2, 0) is 0 Å². The molecule has 1 fully saturated rings. The van der Waals surface area contributed by atoms with Gasteiger partial charge in [-0.15, -0.1) is 0 Å². The molecule has 1 aliphatic carbocycles. The summed E-state index contributed by atoms with van der Waals surface area (Å²) in [5.41, 5.74) is 3.55. The van der Waals surface area contributed by atoms with Crippen molar-refractivity contribution >= 4 is 16.3 Å². The first kappa shape index (κ1) is 14.4. The Bertz CT molecular complexity index is 892. The normalized spacial score (nSPS) is 15.0. The van der Waals surface area contributed by atoms with Crippen molar-refractivity contribution < 1.29 is 0 Å². The molecule has 4 rings (SSSR count). The lowest BCUT2D eigenvalue weighted by Gasteiger charge is -2.21. The van der Waals surface area contributed by atoms with Gasteiger partial charge >= 0.3 is 0 Å². The van der Waals surface area contributed by atoms with Gasteiger partial charge < -0.3 is 0 Å². The minimum Gasteiger partial charge on any atom is -0.216 e. The molecule has 116 valence electrons. The third-order valence-corrected chi connectivity index (χ3v) is 5.70. The Hall–Kier alpha value is -2.19. The quantitative estimate of drug-likeness (QED) is 0.701. The van der Waals surface area contributed by atoms with Gasteiger partial charge in [-0.25, -0.2) is 4.98 Å². The summed E-state index contributed by atoms with van der Waals surface area (Å²) in [7, 11) is 0. The minimum absolute atomic E-state index is 0.497. The summed E-state index contributed by atoms with van der Waals surface area (Å²) in [4.78, 5) is 5.51. The van der Waals surface area contributed by atoms with Crippen molar-refractivity contribution in [2.24, 2.45) is 0 Å². The predicted molar refractivity (Wildman–Crippen MR) is 91.7 cm³/mol. The third kappa shape index (κ3) is 2.34. The zero-order valence-electron chi connectivity index (χ0n) is 13.3. The maximum absolute atomic E-state index is 9.58. The molecule has 1 aromatic carbocycles. The summed E-state index contributed by atoms with van der Waals surface area (Å²) >= 11 is 1.62. The minimum atomic E-state index is 0.497.